The van der Waals surface area contributed by atoms with Gasteiger partial charge in [0.15, 0.2) is 5.17 Å². The third kappa shape index (κ3) is 3.38. The summed E-state index contributed by atoms with van der Waals surface area (Å²) in [5.74, 6) is 2.24. The number of thioether (sulfide) groups is 1. The second kappa shape index (κ2) is 5.42. The first-order chi connectivity index (χ1) is 8.15. The zero-order valence-electron chi connectivity index (χ0n) is 8.94. The zero-order chi connectivity index (χ0) is 12.3. The number of furan rings is 1. The van der Waals surface area contributed by atoms with E-state index in [1.807, 2.05) is 36.4 Å². The maximum atomic E-state index is 7.13. The third-order valence-corrected chi connectivity index (χ3v) is 3.43. The van der Waals surface area contributed by atoms with E-state index in [2.05, 4.69) is 15.9 Å². The number of benzene rings is 1. The van der Waals surface area contributed by atoms with E-state index in [1.54, 1.807) is 0 Å². The fraction of sp³-hybridized carbons (Fsp3) is 0.0833. The molecule has 0 saturated heterocycles. The molecule has 1 aromatic heterocycles. The fourth-order valence-electron chi connectivity index (χ4n) is 1.37. The molecule has 0 aliphatic rings. The summed E-state index contributed by atoms with van der Waals surface area (Å²) in [5.41, 5.74) is 6.31. The second-order valence-electron chi connectivity index (χ2n) is 3.43. The SMILES string of the molecule is N=C(N)SCc1ccc(-c2ccc(Br)cc2)o1. The van der Waals surface area contributed by atoms with Gasteiger partial charge in [-0.1, -0.05) is 39.8 Å². The molecule has 1 aromatic carbocycles. The van der Waals surface area contributed by atoms with Crippen LogP contribution in [0.2, 0.25) is 0 Å². The molecule has 3 nitrogen and oxygen atoms in total. The summed E-state index contributed by atoms with van der Waals surface area (Å²) in [5, 5.41) is 7.24. The Morgan fingerprint density at radius 3 is 2.59 bits per heavy atom. The van der Waals surface area contributed by atoms with E-state index in [1.165, 1.54) is 11.8 Å². The van der Waals surface area contributed by atoms with Gasteiger partial charge in [0.2, 0.25) is 0 Å². The molecule has 3 N–H and O–H groups in total. The smallest absolute Gasteiger partial charge is 0.151 e. The van der Waals surface area contributed by atoms with Crippen LogP contribution in [0, 0.1) is 5.41 Å². The maximum absolute atomic E-state index is 7.13. The van der Waals surface area contributed by atoms with Crippen LogP contribution in [0.1, 0.15) is 5.76 Å². The minimum absolute atomic E-state index is 0.103. The Bertz CT molecular complexity index is 522. The molecule has 0 unspecified atom stereocenters. The van der Waals surface area contributed by atoms with Crippen molar-refractivity contribution in [2.45, 2.75) is 5.75 Å². The van der Waals surface area contributed by atoms with Gasteiger partial charge in [-0.25, -0.2) is 0 Å². The molecule has 0 aliphatic carbocycles. The van der Waals surface area contributed by atoms with Crippen molar-refractivity contribution in [3.63, 3.8) is 0 Å². The molecule has 2 rings (SSSR count). The van der Waals surface area contributed by atoms with Crippen LogP contribution in [0.4, 0.5) is 0 Å². The van der Waals surface area contributed by atoms with Crippen LogP contribution in [0.5, 0.6) is 0 Å². The lowest BCUT2D eigenvalue weighted by molar-refractivity contribution is 0.544. The van der Waals surface area contributed by atoms with E-state index in [9.17, 15) is 0 Å². The lowest BCUT2D eigenvalue weighted by Gasteiger charge is -1.98. The number of hydrogen-bond donors (Lipinski definition) is 2. The molecular weight excluding hydrogens is 300 g/mol. The standard InChI is InChI=1S/C12H11BrN2OS/c13-9-3-1-8(2-4-9)11-6-5-10(16-11)7-17-12(14)15/h1-6H,7H2,(H3,14,15). The maximum Gasteiger partial charge on any atom is 0.151 e. The summed E-state index contributed by atoms with van der Waals surface area (Å²) >= 11 is 4.65. The largest absolute Gasteiger partial charge is 0.460 e. The van der Waals surface area contributed by atoms with Gasteiger partial charge in [-0.15, -0.1) is 0 Å². The van der Waals surface area contributed by atoms with Crippen molar-refractivity contribution in [1.29, 1.82) is 5.41 Å². The van der Waals surface area contributed by atoms with Crippen LogP contribution in [0.15, 0.2) is 45.3 Å². The highest BCUT2D eigenvalue weighted by Gasteiger charge is 2.05. The first kappa shape index (κ1) is 12.3. The molecular formula is C12H11BrN2OS. The molecule has 0 aliphatic heterocycles. The van der Waals surface area contributed by atoms with Crippen molar-refractivity contribution >= 4 is 32.9 Å². The molecule has 0 amide bonds. The molecule has 0 spiro atoms. The normalized spacial score (nSPS) is 10.4. The van der Waals surface area contributed by atoms with Crippen LogP contribution in [-0.4, -0.2) is 5.17 Å². The average Bonchev–Trinajstić information content (AvgIpc) is 2.76. The van der Waals surface area contributed by atoms with Crippen LogP contribution in [-0.2, 0) is 5.75 Å². The van der Waals surface area contributed by atoms with E-state index in [4.69, 9.17) is 15.6 Å². The number of nitrogens with one attached hydrogen (secondary N) is 1. The van der Waals surface area contributed by atoms with Gasteiger partial charge < -0.3 is 10.2 Å². The highest BCUT2D eigenvalue weighted by Crippen LogP contribution is 2.25. The molecule has 5 heteroatoms. The molecule has 0 saturated carbocycles. The van der Waals surface area contributed by atoms with Crippen molar-refractivity contribution in [3.05, 3.63) is 46.6 Å². The number of rotatable bonds is 3. The molecule has 88 valence electrons. The van der Waals surface area contributed by atoms with E-state index >= 15 is 0 Å². The summed E-state index contributed by atoms with van der Waals surface area (Å²) in [4.78, 5) is 0. The molecule has 0 atom stereocenters. The molecule has 2 aromatic rings. The van der Waals surface area contributed by atoms with E-state index < -0.39 is 0 Å². The van der Waals surface area contributed by atoms with E-state index in [-0.39, 0.29) is 5.17 Å². The topological polar surface area (TPSA) is 63.0 Å². The lowest BCUT2D eigenvalue weighted by atomic mass is 10.2. The van der Waals surface area contributed by atoms with Gasteiger partial charge in [0, 0.05) is 10.0 Å². The highest BCUT2D eigenvalue weighted by molar-refractivity contribution is 9.10. The fourth-order valence-corrected chi connectivity index (χ4v) is 2.09. The Hall–Kier alpha value is -1.20. The Balaban J connectivity index is 2.12. The summed E-state index contributed by atoms with van der Waals surface area (Å²) in [6, 6.07) is 11.8. The third-order valence-electron chi connectivity index (χ3n) is 2.16. The molecule has 0 bridgehead atoms. The predicted molar refractivity (Wildman–Crippen MR) is 75.1 cm³/mol. The van der Waals surface area contributed by atoms with Crippen molar-refractivity contribution in [2.75, 3.05) is 0 Å². The zero-order valence-corrected chi connectivity index (χ0v) is 11.3. The number of hydrogen-bond acceptors (Lipinski definition) is 3. The second-order valence-corrected chi connectivity index (χ2v) is 5.36. The van der Waals surface area contributed by atoms with Crippen molar-refractivity contribution in [2.24, 2.45) is 5.73 Å². The summed E-state index contributed by atoms with van der Waals surface area (Å²) in [6.45, 7) is 0. The van der Waals surface area contributed by atoms with Gasteiger partial charge in [-0.2, -0.15) is 0 Å². The molecule has 0 fully saturated rings. The number of nitrogens with two attached hydrogens (primary N) is 1. The summed E-state index contributed by atoms with van der Waals surface area (Å²) in [7, 11) is 0. The Morgan fingerprint density at radius 2 is 1.94 bits per heavy atom. The number of halogens is 1. The van der Waals surface area contributed by atoms with Gasteiger partial charge in [0.25, 0.3) is 0 Å². The predicted octanol–water partition coefficient (Wildman–Crippen LogP) is 3.84. The Kier molecular flexibility index (Phi) is 3.91. The lowest BCUT2D eigenvalue weighted by Crippen LogP contribution is -2.03. The minimum atomic E-state index is 0.103. The highest BCUT2D eigenvalue weighted by atomic mass is 79.9. The van der Waals surface area contributed by atoms with Crippen LogP contribution in [0.25, 0.3) is 11.3 Å². The van der Waals surface area contributed by atoms with E-state index in [0.29, 0.717) is 5.75 Å². The summed E-state index contributed by atoms with van der Waals surface area (Å²) < 4.78 is 6.71. The van der Waals surface area contributed by atoms with Crippen LogP contribution in [0.3, 0.4) is 0 Å². The first-order valence-corrected chi connectivity index (χ1v) is 6.74. The quantitative estimate of drug-likeness (QED) is 0.669. The van der Waals surface area contributed by atoms with Crippen molar-refractivity contribution < 1.29 is 4.42 Å². The molecule has 0 radical (unpaired) electrons. The van der Waals surface area contributed by atoms with Gasteiger partial charge >= 0.3 is 0 Å². The minimum Gasteiger partial charge on any atom is -0.460 e. The van der Waals surface area contributed by atoms with Gasteiger partial charge in [-0.05, 0) is 24.3 Å². The van der Waals surface area contributed by atoms with Crippen LogP contribution >= 0.6 is 27.7 Å². The Labute approximate surface area is 112 Å². The number of amidine groups is 1. The van der Waals surface area contributed by atoms with Gasteiger partial charge in [-0.3, -0.25) is 5.41 Å². The first-order valence-electron chi connectivity index (χ1n) is 4.96. The van der Waals surface area contributed by atoms with Crippen molar-refractivity contribution in [3.8, 4) is 11.3 Å². The molecule has 1 heterocycles. The van der Waals surface area contributed by atoms with E-state index in [0.717, 1.165) is 21.6 Å². The summed E-state index contributed by atoms with van der Waals surface area (Å²) in [6.07, 6.45) is 0. The average molecular weight is 311 g/mol. The van der Waals surface area contributed by atoms with Gasteiger partial charge in [0.05, 0.1) is 5.75 Å². The molecule has 17 heavy (non-hydrogen) atoms. The van der Waals surface area contributed by atoms with Gasteiger partial charge in [0.1, 0.15) is 11.5 Å². The van der Waals surface area contributed by atoms with Crippen molar-refractivity contribution in [1.82, 2.24) is 0 Å². The monoisotopic (exact) mass is 310 g/mol. The Morgan fingerprint density at radius 1 is 1.24 bits per heavy atom. The van der Waals surface area contributed by atoms with Crippen LogP contribution < -0.4 is 5.73 Å².